The van der Waals surface area contributed by atoms with Crippen molar-refractivity contribution in [3.63, 3.8) is 0 Å². The van der Waals surface area contributed by atoms with Crippen molar-refractivity contribution >= 4 is 20.9 Å². The second-order valence-corrected chi connectivity index (χ2v) is 8.90. The van der Waals surface area contributed by atoms with Crippen LogP contribution in [0.2, 0.25) is 0 Å². The molecule has 2 rings (SSSR count). The Kier molecular flexibility index (Phi) is 13.4. The van der Waals surface area contributed by atoms with Crippen LogP contribution in [-0.4, -0.2) is 13.0 Å². The smallest absolute Gasteiger partial charge is 0.744 e. The SMILES string of the molecule is CCCCCCCCCCCCCc1ccc2c(S(=O)(=O)[O-])cccc2c1.[K+]. The summed E-state index contributed by atoms with van der Waals surface area (Å²) in [5, 5.41) is 1.35. The molecular weight excluding hydrogens is 395 g/mol. The van der Waals surface area contributed by atoms with Crippen LogP contribution >= 0.6 is 0 Å². The van der Waals surface area contributed by atoms with Crippen LogP contribution in [0.5, 0.6) is 0 Å². The fraction of sp³-hybridized carbons (Fsp3) is 0.565. The van der Waals surface area contributed by atoms with Crippen molar-refractivity contribution in [2.75, 3.05) is 0 Å². The number of unbranched alkanes of at least 4 members (excludes halogenated alkanes) is 10. The Bertz CT molecular complexity index is 803. The monoisotopic (exact) mass is 428 g/mol. The second-order valence-electron chi connectivity index (χ2n) is 7.55. The van der Waals surface area contributed by atoms with Gasteiger partial charge in [-0.2, -0.15) is 0 Å². The minimum Gasteiger partial charge on any atom is -0.744 e. The third-order valence-electron chi connectivity index (χ3n) is 5.24. The maximum atomic E-state index is 11.4. The molecule has 0 N–H and O–H groups in total. The number of hydrogen-bond acceptors (Lipinski definition) is 3. The fourth-order valence-electron chi connectivity index (χ4n) is 3.67. The number of aryl methyl sites for hydroxylation is 1. The number of fused-ring (bicyclic) bond motifs is 1. The molecule has 2 aromatic rings. The number of rotatable bonds is 13. The van der Waals surface area contributed by atoms with E-state index < -0.39 is 10.1 Å². The zero-order valence-corrected chi connectivity index (χ0v) is 21.5. The summed E-state index contributed by atoms with van der Waals surface area (Å²) >= 11 is 0. The molecule has 28 heavy (non-hydrogen) atoms. The Morgan fingerprint density at radius 1 is 0.786 bits per heavy atom. The van der Waals surface area contributed by atoms with Crippen molar-refractivity contribution in [1.29, 1.82) is 0 Å². The third kappa shape index (κ3) is 9.37. The molecule has 150 valence electrons. The van der Waals surface area contributed by atoms with Gasteiger partial charge in [0.25, 0.3) is 0 Å². The van der Waals surface area contributed by atoms with Gasteiger partial charge in [-0.05, 0) is 35.2 Å². The fourth-order valence-corrected chi connectivity index (χ4v) is 4.37. The van der Waals surface area contributed by atoms with Gasteiger partial charge in [0.15, 0.2) is 0 Å². The molecule has 0 spiro atoms. The van der Waals surface area contributed by atoms with Crippen LogP contribution in [0.1, 0.15) is 83.1 Å². The van der Waals surface area contributed by atoms with Gasteiger partial charge in [-0.3, -0.25) is 0 Å². The first-order valence-electron chi connectivity index (χ1n) is 10.5. The van der Waals surface area contributed by atoms with Crippen LogP contribution in [-0.2, 0) is 16.5 Å². The number of hydrogen-bond donors (Lipinski definition) is 0. The first kappa shape index (κ1) is 26.3. The zero-order valence-electron chi connectivity index (χ0n) is 17.6. The van der Waals surface area contributed by atoms with Crippen LogP contribution in [0, 0.1) is 0 Å². The van der Waals surface area contributed by atoms with E-state index in [-0.39, 0.29) is 56.3 Å². The van der Waals surface area contributed by atoms with Crippen molar-refractivity contribution in [2.24, 2.45) is 0 Å². The van der Waals surface area contributed by atoms with Gasteiger partial charge in [-0.15, -0.1) is 0 Å². The second kappa shape index (κ2) is 14.3. The van der Waals surface area contributed by atoms with E-state index in [9.17, 15) is 13.0 Å². The van der Waals surface area contributed by atoms with Crippen molar-refractivity contribution < 1.29 is 64.4 Å². The average molecular weight is 429 g/mol. The first-order chi connectivity index (χ1) is 13.0. The van der Waals surface area contributed by atoms with Crippen molar-refractivity contribution in [2.45, 2.75) is 88.9 Å². The quantitative estimate of drug-likeness (QED) is 0.278. The molecule has 0 aliphatic heterocycles. The van der Waals surface area contributed by atoms with Gasteiger partial charge in [-0.1, -0.05) is 101 Å². The Hall–Kier alpha value is 0.246. The molecule has 0 saturated heterocycles. The van der Waals surface area contributed by atoms with Crippen LogP contribution in [0.4, 0.5) is 0 Å². The van der Waals surface area contributed by atoms with E-state index in [1.54, 1.807) is 12.1 Å². The zero-order chi connectivity index (χ0) is 19.5. The van der Waals surface area contributed by atoms with E-state index in [1.165, 1.54) is 75.8 Å². The molecule has 5 heteroatoms. The van der Waals surface area contributed by atoms with E-state index in [0.29, 0.717) is 5.39 Å². The van der Waals surface area contributed by atoms with E-state index in [2.05, 4.69) is 6.92 Å². The van der Waals surface area contributed by atoms with Crippen LogP contribution in [0.25, 0.3) is 10.8 Å². The van der Waals surface area contributed by atoms with Crippen molar-refractivity contribution in [3.8, 4) is 0 Å². The molecule has 0 fully saturated rings. The molecule has 3 nitrogen and oxygen atoms in total. The van der Waals surface area contributed by atoms with Gasteiger partial charge in [-0.25, -0.2) is 8.42 Å². The Balaban J connectivity index is 0.00000392. The Labute approximate surface area is 213 Å². The Morgan fingerprint density at radius 3 is 1.93 bits per heavy atom. The maximum absolute atomic E-state index is 11.4. The topological polar surface area (TPSA) is 57.2 Å². The standard InChI is InChI=1S/C23H34O3S.K/c1-2-3-4-5-6-7-8-9-10-11-12-14-20-17-18-22-21(19-20)15-13-16-23(22)27(24,25)26;/h13,15-19H,2-12,14H2,1H3,(H,24,25,26);/q;+1/p-1. The van der Waals surface area contributed by atoms with Crippen LogP contribution < -0.4 is 51.4 Å². The summed E-state index contributed by atoms with van der Waals surface area (Å²) in [4.78, 5) is -0.124. The molecule has 0 amide bonds. The molecular formula is C23H33KO3S. The van der Waals surface area contributed by atoms with E-state index >= 15 is 0 Å². The Morgan fingerprint density at radius 2 is 1.36 bits per heavy atom. The molecule has 0 atom stereocenters. The van der Waals surface area contributed by atoms with Gasteiger partial charge in [0.2, 0.25) is 0 Å². The maximum Gasteiger partial charge on any atom is 1.00 e. The third-order valence-corrected chi connectivity index (χ3v) is 6.14. The van der Waals surface area contributed by atoms with E-state index in [0.717, 1.165) is 18.2 Å². The van der Waals surface area contributed by atoms with Crippen molar-refractivity contribution in [1.82, 2.24) is 0 Å². The number of benzene rings is 2. The summed E-state index contributed by atoms with van der Waals surface area (Å²) in [6, 6.07) is 10.6. The van der Waals surface area contributed by atoms with Gasteiger partial charge >= 0.3 is 51.4 Å². The molecule has 0 bridgehead atoms. The molecule has 0 radical (unpaired) electrons. The molecule has 0 saturated carbocycles. The summed E-state index contributed by atoms with van der Waals surface area (Å²) in [5.74, 6) is 0. The minimum absolute atomic E-state index is 0. The average Bonchev–Trinajstić information content (AvgIpc) is 2.64. The molecule has 0 aliphatic rings. The summed E-state index contributed by atoms with van der Waals surface area (Å²) in [6.07, 6.45) is 15.6. The van der Waals surface area contributed by atoms with E-state index in [1.807, 2.05) is 18.2 Å². The molecule has 0 aromatic heterocycles. The predicted octanol–water partition coefficient (Wildman–Crippen LogP) is 3.60. The molecule has 0 heterocycles. The normalized spacial score (nSPS) is 11.5. The summed E-state index contributed by atoms with van der Waals surface area (Å²) < 4.78 is 34.1. The van der Waals surface area contributed by atoms with Gasteiger partial charge in [0.05, 0.1) is 4.90 Å². The minimum atomic E-state index is -4.43. The molecule has 2 aromatic carbocycles. The summed E-state index contributed by atoms with van der Waals surface area (Å²) in [6.45, 7) is 2.26. The van der Waals surface area contributed by atoms with Crippen LogP contribution in [0.15, 0.2) is 41.3 Å². The largest absolute Gasteiger partial charge is 1.00 e. The van der Waals surface area contributed by atoms with Gasteiger partial charge < -0.3 is 4.55 Å². The summed E-state index contributed by atoms with van der Waals surface area (Å²) in [5.41, 5.74) is 1.21. The molecule has 0 unspecified atom stereocenters. The summed E-state index contributed by atoms with van der Waals surface area (Å²) in [7, 11) is -4.43. The van der Waals surface area contributed by atoms with Gasteiger partial charge in [0, 0.05) is 0 Å². The van der Waals surface area contributed by atoms with Crippen molar-refractivity contribution in [3.05, 3.63) is 42.0 Å². The molecule has 0 aliphatic carbocycles. The predicted molar refractivity (Wildman–Crippen MR) is 112 cm³/mol. The van der Waals surface area contributed by atoms with Gasteiger partial charge in [0.1, 0.15) is 10.1 Å². The van der Waals surface area contributed by atoms with E-state index in [4.69, 9.17) is 0 Å². The first-order valence-corrected chi connectivity index (χ1v) is 11.9. The van der Waals surface area contributed by atoms with Crippen LogP contribution in [0.3, 0.4) is 0 Å².